The van der Waals surface area contributed by atoms with Gasteiger partial charge in [0.2, 0.25) is 0 Å². The molecule has 0 aliphatic heterocycles. The van der Waals surface area contributed by atoms with Crippen LogP contribution in [-0.4, -0.2) is 37.5 Å². The first-order chi connectivity index (χ1) is 6.93. The average molecular weight is 234 g/mol. The van der Waals surface area contributed by atoms with Gasteiger partial charge in [0.1, 0.15) is 6.10 Å². The normalized spacial score (nSPS) is 14.6. The standard InChI is InChI=1S/C8H8ClNO5/c9-7-4(11)2-1-3(10-7)5(12)6(13)8(14)15/h1-2,5-6,11-13H,(H,14,15). The smallest absolute Gasteiger partial charge is 0.335 e. The first-order valence-electron chi connectivity index (χ1n) is 3.88. The fourth-order valence-electron chi connectivity index (χ4n) is 0.902. The Morgan fingerprint density at radius 1 is 1.40 bits per heavy atom. The number of aliphatic carboxylic acids is 1. The van der Waals surface area contributed by atoms with Crippen LogP contribution in [0.5, 0.6) is 5.75 Å². The summed E-state index contributed by atoms with van der Waals surface area (Å²) in [4.78, 5) is 13.9. The molecule has 1 rings (SSSR count). The van der Waals surface area contributed by atoms with Crippen molar-refractivity contribution in [2.45, 2.75) is 12.2 Å². The van der Waals surface area contributed by atoms with Crippen molar-refractivity contribution in [2.24, 2.45) is 0 Å². The fraction of sp³-hybridized carbons (Fsp3) is 0.250. The molecule has 0 amide bonds. The molecule has 0 aliphatic carbocycles. The SMILES string of the molecule is O=C(O)C(O)C(O)c1ccc(O)c(Cl)n1. The lowest BCUT2D eigenvalue weighted by atomic mass is 10.1. The maximum atomic E-state index is 10.3. The van der Waals surface area contributed by atoms with Crippen LogP contribution in [0.25, 0.3) is 0 Å². The lowest BCUT2D eigenvalue weighted by Gasteiger charge is -2.13. The summed E-state index contributed by atoms with van der Waals surface area (Å²) in [6, 6.07) is 2.31. The first-order valence-corrected chi connectivity index (χ1v) is 4.25. The summed E-state index contributed by atoms with van der Waals surface area (Å²) < 4.78 is 0. The van der Waals surface area contributed by atoms with Gasteiger partial charge >= 0.3 is 5.97 Å². The molecule has 0 aliphatic rings. The Morgan fingerprint density at radius 3 is 2.47 bits per heavy atom. The maximum Gasteiger partial charge on any atom is 0.335 e. The van der Waals surface area contributed by atoms with Gasteiger partial charge in [0.25, 0.3) is 0 Å². The molecule has 1 aromatic rings. The van der Waals surface area contributed by atoms with Crippen LogP contribution in [0.15, 0.2) is 12.1 Å². The van der Waals surface area contributed by atoms with Gasteiger partial charge in [-0.25, -0.2) is 9.78 Å². The second-order valence-electron chi connectivity index (χ2n) is 2.77. The lowest BCUT2D eigenvalue weighted by Crippen LogP contribution is -2.28. The minimum absolute atomic E-state index is 0.132. The Hall–Kier alpha value is -1.37. The number of pyridine rings is 1. The third kappa shape index (κ3) is 2.56. The van der Waals surface area contributed by atoms with Crippen molar-refractivity contribution >= 4 is 17.6 Å². The molecule has 0 spiro atoms. The van der Waals surface area contributed by atoms with Crippen molar-refractivity contribution in [1.29, 1.82) is 0 Å². The van der Waals surface area contributed by atoms with Crippen molar-refractivity contribution in [3.63, 3.8) is 0 Å². The van der Waals surface area contributed by atoms with E-state index in [9.17, 15) is 9.90 Å². The van der Waals surface area contributed by atoms with Crippen molar-refractivity contribution in [3.8, 4) is 5.75 Å². The number of halogens is 1. The van der Waals surface area contributed by atoms with E-state index in [-0.39, 0.29) is 16.6 Å². The van der Waals surface area contributed by atoms with Crippen molar-refractivity contribution in [1.82, 2.24) is 4.98 Å². The fourth-order valence-corrected chi connectivity index (χ4v) is 1.06. The molecule has 6 nitrogen and oxygen atoms in total. The van der Waals surface area contributed by atoms with Crippen LogP contribution >= 0.6 is 11.6 Å². The van der Waals surface area contributed by atoms with E-state index in [0.29, 0.717) is 0 Å². The van der Waals surface area contributed by atoms with Crippen molar-refractivity contribution in [2.75, 3.05) is 0 Å². The van der Waals surface area contributed by atoms with Crippen molar-refractivity contribution in [3.05, 3.63) is 23.0 Å². The molecular formula is C8H8ClNO5. The number of carboxylic acids is 1. The van der Waals surface area contributed by atoms with Crippen LogP contribution in [0.4, 0.5) is 0 Å². The number of rotatable bonds is 3. The maximum absolute atomic E-state index is 10.3. The monoisotopic (exact) mass is 233 g/mol. The van der Waals surface area contributed by atoms with Gasteiger partial charge < -0.3 is 20.4 Å². The van der Waals surface area contributed by atoms with Gasteiger partial charge in [-0.1, -0.05) is 11.6 Å². The second-order valence-corrected chi connectivity index (χ2v) is 3.13. The molecule has 2 atom stereocenters. The highest BCUT2D eigenvalue weighted by molar-refractivity contribution is 6.30. The number of hydrogen-bond acceptors (Lipinski definition) is 5. The van der Waals surface area contributed by atoms with E-state index in [1.807, 2.05) is 0 Å². The predicted molar refractivity (Wildman–Crippen MR) is 49.5 cm³/mol. The van der Waals surface area contributed by atoms with Gasteiger partial charge in [0.15, 0.2) is 17.0 Å². The molecule has 7 heteroatoms. The van der Waals surface area contributed by atoms with E-state index in [1.165, 1.54) is 0 Å². The summed E-state index contributed by atoms with van der Waals surface area (Å²) in [5, 5.41) is 35.5. The molecule has 82 valence electrons. The van der Waals surface area contributed by atoms with E-state index >= 15 is 0 Å². The zero-order chi connectivity index (χ0) is 11.6. The molecular weight excluding hydrogens is 226 g/mol. The Balaban J connectivity index is 2.96. The molecule has 0 saturated heterocycles. The predicted octanol–water partition coefficient (Wildman–Crippen LogP) is -0.0805. The third-order valence-electron chi connectivity index (χ3n) is 1.71. The minimum atomic E-state index is -1.99. The van der Waals surface area contributed by atoms with Gasteiger partial charge in [-0.3, -0.25) is 0 Å². The summed E-state index contributed by atoms with van der Waals surface area (Å²) in [6.45, 7) is 0. The molecule has 0 radical (unpaired) electrons. The van der Waals surface area contributed by atoms with E-state index < -0.39 is 18.2 Å². The van der Waals surface area contributed by atoms with Gasteiger partial charge in [-0.2, -0.15) is 0 Å². The molecule has 1 aromatic heterocycles. The Morgan fingerprint density at radius 2 is 2.00 bits per heavy atom. The van der Waals surface area contributed by atoms with E-state index in [2.05, 4.69) is 4.98 Å². The molecule has 0 fully saturated rings. The zero-order valence-corrected chi connectivity index (χ0v) is 8.09. The van der Waals surface area contributed by atoms with Gasteiger partial charge in [-0.15, -0.1) is 0 Å². The van der Waals surface area contributed by atoms with Crippen LogP contribution in [0.2, 0.25) is 5.15 Å². The highest BCUT2D eigenvalue weighted by Crippen LogP contribution is 2.24. The lowest BCUT2D eigenvalue weighted by molar-refractivity contribution is -0.153. The molecule has 2 unspecified atom stereocenters. The molecule has 4 N–H and O–H groups in total. The Bertz CT molecular complexity index is 383. The van der Waals surface area contributed by atoms with Crippen LogP contribution in [0.3, 0.4) is 0 Å². The Labute approximate surface area is 89.4 Å². The highest BCUT2D eigenvalue weighted by Gasteiger charge is 2.26. The summed E-state index contributed by atoms with van der Waals surface area (Å²) in [5.74, 6) is -1.87. The highest BCUT2D eigenvalue weighted by atomic mass is 35.5. The Kier molecular flexibility index (Phi) is 3.46. The molecule has 1 heterocycles. The summed E-state index contributed by atoms with van der Waals surface area (Å²) in [6.07, 6.45) is -3.68. The van der Waals surface area contributed by atoms with Crippen LogP contribution in [-0.2, 0) is 4.79 Å². The number of hydrogen-bond donors (Lipinski definition) is 4. The van der Waals surface area contributed by atoms with Crippen LogP contribution < -0.4 is 0 Å². The first kappa shape index (κ1) is 11.7. The van der Waals surface area contributed by atoms with E-state index in [0.717, 1.165) is 12.1 Å². The molecule has 0 saturated carbocycles. The van der Waals surface area contributed by atoms with Gasteiger partial charge in [0, 0.05) is 0 Å². The summed E-state index contributed by atoms with van der Waals surface area (Å²) in [5.41, 5.74) is -0.132. The number of aliphatic hydroxyl groups is 2. The van der Waals surface area contributed by atoms with Crippen molar-refractivity contribution < 1.29 is 25.2 Å². The summed E-state index contributed by atoms with van der Waals surface area (Å²) >= 11 is 5.44. The number of aromatic hydroxyl groups is 1. The average Bonchev–Trinajstić information content (AvgIpc) is 2.19. The van der Waals surface area contributed by atoms with Gasteiger partial charge in [0.05, 0.1) is 5.69 Å². The quantitative estimate of drug-likeness (QED) is 0.544. The second kappa shape index (κ2) is 4.43. The molecule has 15 heavy (non-hydrogen) atoms. The topological polar surface area (TPSA) is 111 Å². The number of aromatic nitrogens is 1. The molecule has 0 bridgehead atoms. The summed E-state index contributed by atoms with van der Waals surface area (Å²) in [7, 11) is 0. The number of carbonyl (C=O) groups is 1. The van der Waals surface area contributed by atoms with Crippen LogP contribution in [0, 0.1) is 0 Å². The zero-order valence-electron chi connectivity index (χ0n) is 7.33. The van der Waals surface area contributed by atoms with Crippen LogP contribution in [0.1, 0.15) is 11.8 Å². The van der Waals surface area contributed by atoms with E-state index in [1.54, 1.807) is 0 Å². The third-order valence-corrected chi connectivity index (χ3v) is 1.98. The number of nitrogens with zero attached hydrogens (tertiary/aromatic N) is 1. The number of carboxylic acid groups (broad SMARTS) is 1. The largest absolute Gasteiger partial charge is 0.505 e. The molecule has 0 aromatic carbocycles. The van der Waals surface area contributed by atoms with E-state index in [4.69, 9.17) is 26.9 Å². The van der Waals surface area contributed by atoms with Gasteiger partial charge in [-0.05, 0) is 12.1 Å². The number of aliphatic hydroxyl groups excluding tert-OH is 2. The minimum Gasteiger partial charge on any atom is -0.505 e.